The van der Waals surface area contributed by atoms with Gasteiger partial charge < -0.3 is 9.64 Å². The number of sulfonamides is 1. The smallest absolute Gasteiger partial charge is 0.260 e. The average molecular weight is 424 g/mol. The molecule has 1 saturated heterocycles. The van der Waals surface area contributed by atoms with E-state index in [1.165, 1.54) is 4.90 Å². The summed E-state index contributed by atoms with van der Waals surface area (Å²) >= 11 is 0. The molecule has 1 aliphatic heterocycles. The maximum absolute atomic E-state index is 13.9. The summed E-state index contributed by atoms with van der Waals surface area (Å²) in [5.74, 6) is -1.97. The first-order chi connectivity index (χ1) is 13.8. The van der Waals surface area contributed by atoms with E-state index < -0.39 is 26.6 Å². The van der Waals surface area contributed by atoms with Gasteiger partial charge in [0.25, 0.3) is 5.91 Å². The first-order valence-corrected chi connectivity index (χ1v) is 10.7. The Hall–Kier alpha value is -2.52. The molecular formula is C20H22F2N2O4S. The summed E-state index contributed by atoms with van der Waals surface area (Å²) in [7, 11) is -4.32. The topological polar surface area (TPSA) is 66.9 Å². The van der Waals surface area contributed by atoms with E-state index in [1.54, 1.807) is 12.1 Å². The number of ether oxygens (including phenoxy) is 1. The van der Waals surface area contributed by atoms with Crippen LogP contribution in [0.25, 0.3) is 0 Å². The van der Waals surface area contributed by atoms with E-state index >= 15 is 0 Å². The molecule has 2 aromatic carbocycles. The molecular weight excluding hydrogens is 402 g/mol. The SMILES string of the molecule is CCc1ccc(OCC(=O)N2CCN(S(=O)(=O)c3c(F)cccc3F)CC2)cc1. The molecule has 3 rings (SSSR count). The van der Waals surface area contributed by atoms with E-state index in [0.717, 1.165) is 34.5 Å². The molecule has 0 radical (unpaired) electrons. The Morgan fingerprint density at radius 1 is 1.00 bits per heavy atom. The fraction of sp³-hybridized carbons (Fsp3) is 0.350. The van der Waals surface area contributed by atoms with E-state index in [-0.39, 0.29) is 38.7 Å². The Bertz CT molecular complexity index is 952. The maximum atomic E-state index is 13.9. The Kier molecular flexibility index (Phi) is 6.49. The highest BCUT2D eigenvalue weighted by atomic mass is 32.2. The first-order valence-electron chi connectivity index (χ1n) is 9.26. The third-order valence-corrected chi connectivity index (χ3v) is 6.75. The van der Waals surface area contributed by atoms with Crippen LogP contribution >= 0.6 is 0 Å². The van der Waals surface area contributed by atoms with Gasteiger partial charge >= 0.3 is 0 Å². The van der Waals surface area contributed by atoms with E-state index in [0.29, 0.717) is 5.75 Å². The third-order valence-electron chi connectivity index (χ3n) is 4.80. The summed E-state index contributed by atoms with van der Waals surface area (Å²) < 4.78 is 59.4. The van der Waals surface area contributed by atoms with Gasteiger partial charge in [-0.15, -0.1) is 0 Å². The minimum atomic E-state index is -4.32. The molecule has 2 aromatic rings. The van der Waals surface area contributed by atoms with Gasteiger partial charge in [-0.05, 0) is 36.2 Å². The predicted octanol–water partition coefficient (Wildman–Crippen LogP) is 2.44. The summed E-state index contributed by atoms with van der Waals surface area (Å²) in [6, 6.07) is 10.3. The lowest BCUT2D eigenvalue weighted by Crippen LogP contribution is -2.51. The molecule has 1 heterocycles. The number of carbonyl (C=O) groups excluding carboxylic acids is 1. The largest absolute Gasteiger partial charge is 0.484 e. The lowest BCUT2D eigenvalue weighted by molar-refractivity contribution is -0.134. The molecule has 0 N–H and O–H groups in total. The number of benzene rings is 2. The zero-order valence-electron chi connectivity index (χ0n) is 16.0. The molecule has 1 fully saturated rings. The second-order valence-corrected chi connectivity index (χ2v) is 8.50. The summed E-state index contributed by atoms with van der Waals surface area (Å²) in [4.78, 5) is 12.9. The zero-order chi connectivity index (χ0) is 21.0. The van der Waals surface area contributed by atoms with Crippen molar-refractivity contribution >= 4 is 15.9 Å². The lowest BCUT2D eigenvalue weighted by Gasteiger charge is -2.34. The first kappa shape index (κ1) is 21.2. The van der Waals surface area contributed by atoms with Gasteiger partial charge in [-0.3, -0.25) is 4.79 Å². The van der Waals surface area contributed by atoms with Crippen molar-refractivity contribution in [2.75, 3.05) is 32.8 Å². The van der Waals surface area contributed by atoms with Crippen LogP contribution in [0.5, 0.6) is 5.75 Å². The zero-order valence-corrected chi connectivity index (χ0v) is 16.8. The van der Waals surface area contributed by atoms with Crippen LogP contribution in [-0.4, -0.2) is 56.3 Å². The normalized spacial score (nSPS) is 15.3. The average Bonchev–Trinajstić information content (AvgIpc) is 2.72. The van der Waals surface area contributed by atoms with Crippen LogP contribution in [0.1, 0.15) is 12.5 Å². The summed E-state index contributed by atoms with van der Waals surface area (Å²) in [6.45, 7) is 2.01. The van der Waals surface area contributed by atoms with Crippen molar-refractivity contribution < 1.29 is 26.7 Å². The molecule has 0 spiro atoms. The molecule has 0 aromatic heterocycles. The maximum Gasteiger partial charge on any atom is 0.260 e. The second kappa shape index (κ2) is 8.87. The quantitative estimate of drug-likeness (QED) is 0.715. The molecule has 1 aliphatic rings. The molecule has 0 unspecified atom stereocenters. The molecule has 0 aliphatic carbocycles. The van der Waals surface area contributed by atoms with Crippen molar-refractivity contribution in [3.8, 4) is 5.75 Å². The summed E-state index contributed by atoms with van der Waals surface area (Å²) in [5, 5.41) is 0. The summed E-state index contributed by atoms with van der Waals surface area (Å²) in [6.07, 6.45) is 0.906. The van der Waals surface area contributed by atoms with E-state index in [4.69, 9.17) is 4.74 Å². The fourth-order valence-corrected chi connectivity index (χ4v) is 4.62. The van der Waals surface area contributed by atoms with Gasteiger partial charge in [0.2, 0.25) is 10.0 Å². The van der Waals surface area contributed by atoms with Gasteiger partial charge in [-0.1, -0.05) is 25.1 Å². The van der Waals surface area contributed by atoms with Crippen LogP contribution in [0.2, 0.25) is 0 Å². The van der Waals surface area contributed by atoms with Gasteiger partial charge in [-0.25, -0.2) is 17.2 Å². The van der Waals surface area contributed by atoms with Crippen molar-refractivity contribution in [2.24, 2.45) is 0 Å². The van der Waals surface area contributed by atoms with E-state index in [9.17, 15) is 22.0 Å². The van der Waals surface area contributed by atoms with Crippen LogP contribution in [0.4, 0.5) is 8.78 Å². The standard InChI is InChI=1S/C20H22F2N2O4S/c1-2-15-6-8-16(9-7-15)28-14-19(25)23-10-12-24(13-11-23)29(26,27)20-17(21)4-3-5-18(20)22/h3-9H,2,10-14H2,1H3. The third kappa shape index (κ3) is 4.73. The molecule has 1 amide bonds. The number of hydrogen-bond donors (Lipinski definition) is 0. The van der Waals surface area contributed by atoms with Gasteiger partial charge in [0.1, 0.15) is 17.4 Å². The van der Waals surface area contributed by atoms with Crippen molar-refractivity contribution in [2.45, 2.75) is 18.2 Å². The Balaban J connectivity index is 1.57. The van der Waals surface area contributed by atoms with Crippen LogP contribution in [0, 0.1) is 11.6 Å². The van der Waals surface area contributed by atoms with Crippen molar-refractivity contribution in [1.29, 1.82) is 0 Å². The van der Waals surface area contributed by atoms with Crippen LogP contribution < -0.4 is 4.74 Å². The number of carbonyl (C=O) groups is 1. The van der Waals surface area contributed by atoms with Crippen molar-refractivity contribution in [1.82, 2.24) is 9.21 Å². The van der Waals surface area contributed by atoms with Crippen LogP contribution in [0.3, 0.4) is 0 Å². The Morgan fingerprint density at radius 2 is 1.59 bits per heavy atom. The number of rotatable bonds is 6. The molecule has 6 nitrogen and oxygen atoms in total. The minimum Gasteiger partial charge on any atom is -0.484 e. The number of amides is 1. The van der Waals surface area contributed by atoms with Crippen molar-refractivity contribution in [3.63, 3.8) is 0 Å². The minimum absolute atomic E-state index is 0.0486. The number of halogens is 2. The van der Waals surface area contributed by atoms with Crippen LogP contribution in [0.15, 0.2) is 47.4 Å². The number of hydrogen-bond acceptors (Lipinski definition) is 4. The Labute approximate surface area is 168 Å². The fourth-order valence-electron chi connectivity index (χ4n) is 3.09. The van der Waals surface area contributed by atoms with Gasteiger partial charge in [-0.2, -0.15) is 4.31 Å². The molecule has 0 saturated carbocycles. The van der Waals surface area contributed by atoms with Crippen LogP contribution in [-0.2, 0) is 21.2 Å². The Morgan fingerprint density at radius 3 is 2.14 bits per heavy atom. The van der Waals surface area contributed by atoms with Crippen molar-refractivity contribution in [3.05, 3.63) is 59.7 Å². The molecule has 0 atom stereocenters. The second-order valence-electron chi connectivity index (χ2n) is 6.62. The lowest BCUT2D eigenvalue weighted by atomic mass is 10.2. The number of nitrogens with zero attached hydrogens (tertiary/aromatic N) is 2. The molecule has 29 heavy (non-hydrogen) atoms. The van der Waals surface area contributed by atoms with E-state index in [1.807, 2.05) is 19.1 Å². The highest BCUT2D eigenvalue weighted by Gasteiger charge is 2.34. The predicted molar refractivity (Wildman–Crippen MR) is 103 cm³/mol. The number of aryl methyl sites for hydroxylation is 1. The van der Waals surface area contributed by atoms with Gasteiger partial charge in [0.05, 0.1) is 0 Å². The van der Waals surface area contributed by atoms with Gasteiger partial charge in [0.15, 0.2) is 11.5 Å². The number of piperazine rings is 1. The summed E-state index contributed by atoms with van der Waals surface area (Å²) in [5.41, 5.74) is 1.16. The molecule has 9 heteroatoms. The highest BCUT2D eigenvalue weighted by molar-refractivity contribution is 7.89. The highest BCUT2D eigenvalue weighted by Crippen LogP contribution is 2.23. The molecule has 156 valence electrons. The van der Waals surface area contributed by atoms with E-state index in [2.05, 4.69) is 0 Å². The molecule has 0 bridgehead atoms. The monoisotopic (exact) mass is 424 g/mol. The van der Waals surface area contributed by atoms with Gasteiger partial charge in [0, 0.05) is 26.2 Å².